The highest BCUT2D eigenvalue weighted by Gasteiger charge is 2.28. The van der Waals surface area contributed by atoms with E-state index in [1.165, 1.54) is 13.2 Å². The highest BCUT2D eigenvalue weighted by molar-refractivity contribution is 5.97. The molecule has 1 aliphatic heterocycles. The first-order valence-electron chi connectivity index (χ1n) is 7.46. The van der Waals surface area contributed by atoms with E-state index in [-0.39, 0.29) is 17.6 Å². The van der Waals surface area contributed by atoms with Gasteiger partial charge in [-0.1, -0.05) is 0 Å². The second kappa shape index (κ2) is 6.20. The lowest BCUT2D eigenvalue weighted by atomic mass is 9.97. The largest absolute Gasteiger partial charge is 0.469 e. The molecule has 1 aromatic carbocycles. The molecule has 0 N–H and O–H groups in total. The van der Waals surface area contributed by atoms with Crippen LogP contribution in [0.4, 0.5) is 11.4 Å². The van der Waals surface area contributed by atoms with Crippen LogP contribution in [0.25, 0.3) is 10.9 Å². The number of benzene rings is 1. The monoisotopic (exact) mass is 315 g/mol. The second-order valence-electron chi connectivity index (χ2n) is 5.57. The van der Waals surface area contributed by atoms with Crippen molar-refractivity contribution in [2.45, 2.75) is 12.8 Å². The van der Waals surface area contributed by atoms with Crippen molar-refractivity contribution < 1.29 is 14.5 Å². The van der Waals surface area contributed by atoms with Gasteiger partial charge in [-0.05, 0) is 31.0 Å². The van der Waals surface area contributed by atoms with E-state index in [1.54, 1.807) is 24.4 Å². The van der Waals surface area contributed by atoms with E-state index in [0.717, 1.165) is 25.1 Å². The number of carbonyl (C=O) groups is 1. The number of anilines is 1. The highest BCUT2D eigenvalue weighted by Crippen LogP contribution is 2.34. The molecule has 1 fully saturated rings. The third-order valence-corrected chi connectivity index (χ3v) is 4.22. The van der Waals surface area contributed by atoms with E-state index >= 15 is 0 Å². The number of rotatable bonds is 3. The summed E-state index contributed by atoms with van der Waals surface area (Å²) < 4.78 is 4.84. The Hall–Kier alpha value is -2.70. The lowest BCUT2D eigenvalue weighted by Gasteiger charge is -2.33. The van der Waals surface area contributed by atoms with Crippen LogP contribution in [0.3, 0.4) is 0 Å². The van der Waals surface area contributed by atoms with Gasteiger partial charge in [0, 0.05) is 25.4 Å². The van der Waals surface area contributed by atoms with Gasteiger partial charge in [0.15, 0.2) is 0 Å². The van der Waals surface area contributed by atoms with Crippen LogP contribution in [0, 0.1) is 16.0 Å². The van der Waals surface area contributed by atoms with E-state index in [2.05, 4.69) is 9.88 Å². The SMILES string of the molecule is COC(=O)[C@H]1CCCN(c2ccc([N+](=O)[O-])c3cccnc23)C1. The first-order chi connectivity index (χ1) is 11.1. The molecule has 0 amide bonds. The van der Waals surface area contributed by atoms with E-state index in [9.17, 15) is 14.9 Å². The molecule has 0 bridgehead atoms. The molecule has 2 aromatic rings. The number of esters is 1. The molecule has 120 valence electrons. The summed E-state index contributed by atoms with van der Waals surface area (Å²) in [7, 11) is 1.39. The number of aromatic nitrogens is 1. The summed E-state index contributed by atoms with van der Waals surface area (Å²) in [5, 5.41) is 11.7. The van der Waals surface area contributed by atoms with Crippen molar-refractivity contribution in [2.24, 2.45) is 5.92 Å². The molecule has 23 heavy (non-hydrogen) atoms. The summed E-state index contributed by atoms with van der Waals surface area (Å²) in [6.45, 7) is 1.33. The van der Waals surface area contributed by atoms with Gasteiger partial charge in [0.1, 0.15) is 5.52 Å². The number of pyridine rings is 1. The Balaban J connectivity index is 2.02. The van der Waals surface area contributed by atoms with Gasteiger partial charge in [0.2, 0.25) is 0 Å². The predicted octanol–water partition coefficient (Wildman–Crippen LogP) is 2.53. The van der Waals surface area contributed by atoms with Crippen LogP contribution < -0.4 is 4.90 Å². The molecule has 1 aliphatic rings. The third-order valence-electron chi connectivity index (χ3n) is 4.22. The molecule has 0 radical (unpaired) electrons. The number of fused-ring (bicyclic) bond motifs is 1. The van der Waals surface area contributed by atoms with Crippen LogP contribution in [-0.4, -0.2) is 36.1 Å². The molecule has 7 heteroatoms. The van der Waals surface area contributed by atoms with Crippen LogP contribution in [0.2, 0.25) is 0 Å². The summed E-state index contributed by atoms with van der Waals surface area (Å²) in [4.78, 5) is 29.0. The highest BCUT2D eigenvalue weighted by atomic mass is 16.6. The fourth-order valence-corrected chi connectivity index (χ4v) is 3.11. The Morgan fingerprint density at radius 1 is 1.43 bits per heavy atom. The first kappa shape index (κ1) is 15.2. The van der Waals surface area contributed by atoms with E-state index in [4.69, 9.17) is 4.74 Å². The fraction of sp³-hybridized carbons (Fsp3) is 0.375. The molecule has 1 atom stereocenters. The number of non-ortho nitro benzene ring substituents is 1. The number of ether oxygens (including phenoxy) is 1. The number of hydrogen-bond acceptors (Lipinski definition) is 6. The number of methoxy groups -OCH3 is 1. The van der Waals surface area contributed by atoms with Crippen molar-refractivity contribution in [3.63, 3.8) is 0 Å². The predicted molar refractivity (Wildman–Crippen MR) is 85.4 cm³/mol. The summed E-state index contributed by atoms with van der Waals surface area (Å²) in [5.74, 6) is -0.392. The smallest absolute Gasteiger partial charge is 0.310 e. The number of carbonyl (C=O) groups excluding carboxylic acids is 1. The van der Waals surface area contributed by atoms with Gasteiger partial charge in [-0.3, -0.25) is 19.9 Å². The molecule has 1 saturated heterocycles. The quantitative estimate of drug-likeness (QED) is 0.491. The maximum atomic E-state index is 11.8. The lowest BCUT2D eigenvalue weighted by molar-refractivity contribution is -0.383. The average molecular weight is 315 g/mol. The second-order valence-corrected chi connectivity index (χ2v) is 5.57. The molecule has 0 unspecified atom stereocenters. The zero-order chi connectivity index (χ0) is 16.4. The van der Waals surface area contributed by atoms with Gasteiger partial charge in [0.05, 0.1) is 29.0 Å². The topological polar surface area (TPSA) is 85.6 Å². The summed E-state index contributed by atoms with van der Waals surface area (Å²) in [6, 6.07) is 6.60. The zero-order valence-corrected chi connectivity index (χ0v) is 12.8. The van der Waals surface area contributed by atoms with Gasteiger partial charge in [-0.2, -0.15) is 0 Å². The van der Waals surface area contributed by atoms with E-state index < -0.39 is 4.92 Å². The van der Waals surface area contributed by atoms with Gasteiger partial charge in [0.25, 0.3) is 5.69 Å². The average Bonchev–Trinajstić information content (AvgIpc) is 2.60. The first-order valence-corrected chi connectivity index (χ1v) is 7.46. The van der Waals surface area contributed by atoms with Gasteiger partial charge < -0.3 is 9.64 Å². The van der Waals surface area contributed by atoms with Crippen molar-refractivity contribution in [3.05, 3.63) is 40.6 Å². The molecular formula is C16H17N3O4. The van der Waals surface area contributed by atoms with Crippen molar-refractivity contribution in [2.75, 3.05) is 25.1 Å². The van der Waals surface area contributed by atoms with Crippen LogP contribution in [0.15, 0.2) is 30.5 Å². The molecule has 7 nitrogen and oxygen atoms in total. The molecule has 0 aliphatic carbocycles. The van der Waals surface area contributed by atoms with Gasteiger partial charge in [-0.25, -0.2) is 0 Å². The van der Waals surface area contributed by atoms with Crippen molar-refractivity contribution in [3.8, 4) is 0 Å². The Morgan fingerprint density at radius 2 is 2.26 bits per heavy atom. The summed E-state index contributed by atoms with van der Waals surface area (Å²) >= 11 is 0. The fourth-order valence-electron chi connectivity index (χ4n) is 3.11. The van der Waals surface area contributed by atoms with Gasteiger partial charge in [-0.15, -0.1) is 0 Å². The van der Waals surface area contributed by atoms with Crippen molar-refractivity contribution in [1.29, 1.82) is 0 Å². The molecule has 3 rings (SSSR count). The Kier molecular flexibility index (Phi) is 4.10. The van der Waals surface area contributed by atoms with Gasteiger partial charge >= 0.3 is 5.97 Å². The maximum absolute atomic E-state index is 11.8. The minimum absolute atomic E-state index is 0.0402. The van der Waals surface area contributed by atoms with E-state index in [1.807, 2.05) is 0 Å². The number of piperidine rings is 1. The number of nitro benzene ring substituents is 1. The standard InChI is InChI=1S/C16H17N3O4/c1-23-16(20)11-4-3-9-18(10-11)14-7-6-13(19(21)22)12-5-2-8-17-15(12)14/h2,5-8,11H,3-4,9-10H2,1H3/t11-/m0/s1. The Morgan fingerprint density at radius 3 is 3.00 bits per heavy atom. The van der Waals surface area contributed by atoms with Crippen molar-refractivity contribution in [1.82, 2.24) is 4.98 Å². The normalized spacial score (nSPS) is 18.0. The lowest BCUT2D eigenvalue weighted by Crippen LogP contribution is -2.39. The molecule has 0 spiro atoms. The van der Waals surface area contributed by atoms with Crippen LogP contribution in [0.1, 0.15) is 12.8 Å². The number of nitrogens with zero attached hydrogens (tertiary/aromatic N) is 3. The summed E-state index contributed by atoms with van der Waals surface area (Å²) in [5.41, 5.74) is 1.45. The molecule has 1 aromatic heterocycles. The molecule has 2 heterocycles. The van der Waals surface area contributed by atoms with Crippen molar-refractivity contribution >= 4 is 28.2 Å². The minimum Gasteiger partial charge on any atom is -0.469 e. The molecule has 0 saturated carbocycles. The van der Waals surface area contributed by atoms with E-state index in [0.29, 0.717) is 17.4 Å². The van der Waals surface area contributed by atoms with Crippen LogP contribution in [-0.2, 0) is 9.53 Å². The van der Waals surface area contributed by atoms with Crippen LogP contribution >= 0.6 is 0 Å². The Labute approximate surface area is 133 Å². The Bertz CT molecular complexity index is 762. The summed E-state index contributed by atoms with van der Waals surface area (Å²) in [6.07, 6.45) is 3.28. The van der Waals surface area contributed by atoms with Crippen LogP contribution in [0.5, 0.6) is 0 Å². The maximum Gasteiger partial charge on any atom is 0.310 e. The number of hydrogen-bond donors (Lipinski definition) is 0. The third kappa shape index (κ3) is 2.81. The minimum atomic E-state index is -0.402. The number of nitro groups is 1. The molecular weight excluding hydrogens is 298 g/mol. The zero-order valence-electron chi connectivity index (χ0n) is 12.8.